The summed E-state index contributed by atoms with van der Waals surface area (Å²) < 4.78 is 31.4. The molecule has 8 heteroatoms. The highest BCUT2D eigenvalue weighted by Gasteiger charge is 2.51. The van der Waals surface area contributed by atoms with E-state index < -0.39 is 21.6 Å². The Kier molecular flexibility index (Phi) is 5.62. The lowest BCUT2D eigenvalue weighted by Gasteiger charge is -2.38. The average Bonchev–Trinajstić information content (AvgIpc) is 2.88. The molecule has 2 aliphatic heterocycles. The molecule has 158 valence electrons. The molecule has 1 spiro atoms. The molecule has 0 aromatic heterocycles. The van der Waals surface area contributed by atoms with Crippen molar-refractivity contribution in [2.45, 2.75) is 53.1 Å². The van der Waals surface area contributed by atoms with Crippen LogP contribution in [0.2, 0.25) is 0 Å². The van der Waals surface area contributed by atoms with Crippen LogP contribution in [0.4, 0.5) is 5.69 Å². The number of benzene rings is 1. The Morgan fingerprint density at radius 2 is 1.69 bits per heavy atom. The van der Waals surface area contributed by atoms with Crippen molar-refractivity contribution < 1.29 is 22.7 Å². The monoisotopic (exact) mass is 420 g/mol. The van der Waals surface area contributed by atoms with E-state index in [2.05, 4.69) is 5.32 Å². The van der Waals surface area contributed by atoms with Crippen LogP contribution in [0.15, 0.2) is 23.3 Å². The Morgan fingerprint density at radius 1 is 1.14 bits per heavy atom. The number of ether oxygens (including phenoxy) is 1. The Hall–Kier alpha value is -2.19. The number of hydrogen-bond donors (Lipinski definition) is 1. The van der Waals surface area contributed by atoms with E-state index >= 15 is 0 Å². The summed E-state index contributed by atoms with van der Waals surface area (Å²) in [6, 6.07) is 3.98. The summed E-state index contributed by atoms with van der Waals surface area (Å²) in [4.78, 5) is 25.6. The molecule has 0 atom stereocenters. The number of carbonyl (C=O) groups excluding carboxylic acids is 2. The van der Waals surface area contributed by atoms with Gasteiger partial charge in [-0.15, -0.1) is 0 Å². The topological polar surface area (TPSA) is 92.8 Å². The highest BCUT2D eigenvalue weighted by molar-refractivity contribution is 7.89. The van der Waals surface area contributed by atoms with Gasteiger partial charge in [0.05, 0.1) is 11.3 Å². The molecular formula is C21H28N2O5S. The highest BCUT2D eigenvalue weighted by atomic mass is 32.2. The highest BCUT2D eigenvalue weighted by Crippen LogP contribution is 2.42. The third kappa shape index (κ3) is 3.83. The van der Waals surface area contributed by atoms with Crippen LogP contribution in [-0.4, -0.2) is 49.0 Å². The van der Waals surface area contributed by atoms with Gasteiger partial charge in [0, 0.05) is 37.2 Å². The Bertz CT molecular complexity index is 979. The van der Waals surface area contributed by atoms with Crippen molar-refractivity contribution >= 4 is 27.6 Å². The maximum absolute atomic E-state index is 13.2. The van der Waals surface area contributed by atoms with Gasteiger partial charge in [-0.2, -0.15) is 0 Å². The summed E-state index contributed by atoms with van der Waals surface area (Å²) in [7, 11) is -3.32. The second-order valence-corrected chi connectivity index (χ2v) is 10.2. The molecule has 2 aliphatic rings. The van der Waals surface area contributed by atoms with Crippen LogP contribution < -0.4 is 5.32 Å². The molecule has 2 heterocycles. The SMILES string of the molecule is CCS(=O)(=O)N1CCC2(CC1)OC(=O)C(C)=C2C(=O)Nc1c(C)cc(C)cc1C. The quantitative estimate of drug-likeness (QED) is 0.756. The van der Waals surface area contributed by atoms with E-state index in [-0.39, 0.29) is 43.2 Å². The van der Waals surface area contributed by atoms with E-state index in [1.54, 1.807) is 13.8 Å². The van der Waals surface area contributed by atoms with Gasteiger partial charge in [0.25, 0.3) is 5.91 Å². The van der Waals surface area contributed by atoms with E-state index in [0.29, 0.717) is 5.57 Å². The molecule has 29 heavy (non-hydrogen) atoms. The zero-order chi connectivity index (χ0) is 21.6. The number of anilines is 1. The van der Waals surface area contributed by atoms with E-state index in [9.17, 15) is 18.0 Å². The van der Waals surface area contributed by atoms with Gasteiger partial charge in [-0.05, 0) is 45.7 Å². The normalized spacial score (nSPS) is 19.6. The third-order valence-corrected chi connectivity index (χ3v) is 7.74. The summed E-state index contributed by atoms with van der Waals surface area (Å²) in [6.45, 7) is 9.48. The molecule has 1 aromatic rings. The molecule has 0 aliphatic carbocycles. The lowest BCUT2D eigenvalue weighted by molar-refractivity contribution is -0.149. The zero-order valence-electron chi connectivity index (χ0n) is 17.6. The molecule has 1 saturated heterocycles. The van der Waals surface area contributed by atoms with Gasteiger partial charge < -0.3 is 10.1 Å². The van der Waals surface area contributed by atoms with E-state index in [0.717, 1.165) is 22.4 Å². The van der Waals surface area contributed by atoms with Crippen molar-refractivity contribution in [1.82, 2.24) is 4.31 Å². The molecule has 0 unspecified atom stereocenters. The summed E-state index contributed by atoms with van der Waals surface area (Å²) in [5, 5.41) is 2.96. The van der Waals surface area contributed by atoms with Crippen LogP contribution in [-0.2, 0) is 24.3 Å². The van der Waals surface area contributed by atoms with E-state index in [1.807, 2.05) is 32.9 Å². The molecular weight excluding hydrogens is 392 g/mol. The van der Waals surface area contributed by atoms with Gasteiger partial charge in [-0.25, -0.2) is 17.5 Å². The first-order chi connectivity index (χ1) is 13.5. The maximum Gasteiger partial charge on any atom is 0.335 e. The lowest BCUT2D eigenvalue weighted by Crippen LogP contribution is -2.49. The van der Waals surface area contributed by atoms with Crippen molar-refractivity contribution in [2.24, 2.45) is 0 Å². The number of sulfonamides is 1. The summed E-state index contributed by atoms with van der Waals surface area (Å²) in [5.41, 5.74) is 3.24. The second kappa shape index (κ2) is 7.57. The third-order valence-electron chi connectivity index (χ3n) is 5.86. The van der Waals surface area contributed by atoms with Crippen molar-refractivity contribution in [3.63, 3.8) is 0 Å². The van der Waals surface area contributed by atoms with Gasteiger partial charge in [0.15, 0.2) is 0 Å². The molecule has 0 saturated carbocycles. The number of rotatable bonds is 4. The number of aryl methyl sites for hydroxylation is 3. The summed E-state index contributed by atoms with van der Waals surface area (Å²) >= 11 is 0. The Balaban J connectivity index is 1.89. The Morgan fingerprint density at radius 3 is 2.21 bits per heavy atom. The van der Waals surface area contributed by atoms with E-state index in [4.69, 9.17) is 4.74 Å². The minimum Gasteiger partial charge on any atom is -0.450 e. The predicted molar refractivity (Wildman–Crippen MR) is 111 cm³/mol. The lowest BCUT2D eigenvalue weighted by atomic mass is 9.83. The summed E-state index contributed by atoms with van der Waals surface area (Å²) in [5.74, 6) is -0.858. The molecule has 1 aromatic carbocycles. The van der Waals surface area contributed by atoms with Crippen LogP contribution >= 0.6 is 0 Å². The maximum atomic E-state index is 13.2. The minimum atomic E-state index is -3.32. The van der Waals surface area contributed by atoms with Crippen molar-refractivity contribution in [3.05, 3.63) is 40.0 Å². The fourth-order valence-electron chi connectivity index (χ4n) is 4.34. The van der Waals surface area contributed by atoms with Crippen LogP contribution in [0.3, 0.4) is 0 Å². The first kappa shape index (κ1) is 21.5. The number of esters is 1. The van der Waals surface area contributed by atoms with Crippen LogP contribution in [0, 0.1) is 20.8 Å². The molecule has 3 rings (SSSR count). The van der Waals surface area contributed by atoms with Crippen LogP contribution in [0.5, 0.6) is 0 Å². The zero-order valence-corrected chi connectivity index (χ0v) is 18.4. The molecule has 1 fully saturated rings. The van der Waals surface area contributed by atoms with Gasteiger partial charge in [-0.1, -0.05) is 17.7 Å². The minimum absolute atomic E-state index is 0.0218. The Labute approximate surface area is 172 Å². The first-order valence-electron chi connectivity index (χ1n) is 9.82. The number of amides is 1. The van der Waals surface area contributed by atoms with Gasteiger partial charge in [0.1, 0.15) is 5.60 Å². The number of hydrogen-bond acceptors (Lipinski definition) is 5. The number of carbonyl (C=O) groups is 2. The molecule has 1 N–H and O–H groups in total. The smallest absolute Gasteiger partial charge is 0.335 e. The van der Waals surface area contributed by atoms with Crippen LogP contribution in [0.25, 0.3) is 0 Å². The summed E-state index contributed by atoms with van der Waals surface area (Å²) in [6.07, 6.45) is 0.536. The van der Waals surface area contributed by atoms with Crippen molar-refractivity contribution in [3.8, 4) is 0 Å². The number of piperidine rings is 1. The fraction of sp³-hybridized carbons (Fsp3) is 0.524. The van der Waals surface area contributed by atoms with E-state index in [1.165, 1.54) is 4.31 Å². The molecule has 7 nitrogen and oxygen atoms in total. The van der Waals surface area contributed by atoms with Gasteiger partial charge in [-0.3, -0.25) is 4.79 Å². The molecule has 0 bridgehead atoms. The predicted octanol–water partition coefficient (Wildman–Crippen LogP) is 2.61. The van der Waals surface area contributed by atoms with Gasteiger partial charge in [0.2, 0.25) is 10.0 Å². The second-order valence-electron chi connectivity index (χ2n) is 7.91. The molecule has 0 radical (unpaired) electrons. The average molecular weight is 421 g/mol. The number of nitrogens with zero attached hydrogens (tertiary/aromatic N) is 1. The standard InChI is InChI=1S/C21H28N2O5S/c1-6-29(26,27)23-9-7-21(8-10-23)17(16(5)20(25)28-21)19(24)22-18-14(3)11-13(2)12-15(18)4/h11-12H,6-10H2,1-5H3,(H,22,24). The van der Waals surface area contributed by atoms with Crippen molar-refractivity contribution in [2.75, 3.05) is 24.2 Å². The van der Waals surface area contributed by atoms with Crippen LogP contribution in [0.1, 0.15) is 43.4 Å². The molecule has 1 amide bonds. The van der Waals surface area contributed by atoms with Crippen molar-refractivity contribution in [1.29, 1.82) is 0 Å². The largest absolute Gasteiger partial charge is 0.450 e. The fourth-order valence-corrected chi connectivity index (χ4v) is 5.44. The first-order valence-corrected chi connectivity index (χ1v) is 11.4. The van der Waals surface area contributed by atoms with Gasteiger partial charge >= 0.3 is 5.97 Å². The number of nitrogens with one attached hydrogen (secondary N) is 1.